The quantitative estimate of drug-likeness (QED) is 0.790. The van der Waals surface area contributed by atoms with E-state index in [1.807, 2.05) is 18.2 Å². The third kappa shape index (κ3) is 3.07. The van der Waals surface area contributed by atoms with Crippen molar-refractivity contribution in [3.63, 3.8) is 0 Å². The number of carbonyl (C=O) groups is 1. The summed E-state index contributed by atoms with van der Waals surface area (Å²) in [7, 11) is 0. The molecule has 0 spiro atoms. The molecule has 0 aliphatic carbocycles. The summed E-state index contributed by atoms with van der Waals surface area (Å²) in [6, 6.07) is 10.2. The van der Waals surface area contributed by atoms with Crippen LogP contribution in [-0.4, -0.2) is 25.5 Å². The molecular weight excluding hydrogens is 200 g/mol. The van der Waals surface area contributed by atoms with Crippen molar-refractivity contribution in [2.75, 3.05) is 19.6 Å². The maximum absolute atomic E-state index is 11.7. The predicted octanol–water partition coefficient (Wildman–Crippen LogP) is 0.955. The minimum atomic E-state index is 0.177. The first-order chi connectivity index (χ1) is 7.86. The van der Waals surface area contributed by atoms with E-state index in [4.69, 9.17) is 0 Å². The molecule has 1 heterocycles. The number of benzene rings is 1. The van der Waals surface area contributed by atoms with Gasteiger partial charge in [0.05, 0.1) is 5.92 Å². The van der Waals surface area contributed by atoms with Gasteiger partial charge in [0.15, 0.2) is 0 Å². The van der Waals surface area contributed by atoms with Gasteiger partial charge in [-0.3, -0.25) is 4.79 Å². The van der Waals surface area contributed by atoms with Gasteiger partial charge >= 0.3 is 0 Å². The molecule has 0 radical (unpaired) electrons. The standard InChI is InChI=1S/C13H18N2O/c16-13(12-7-8-14-10-12)15-9-6-11-4-2-1-3-5-11/h1-5,12,14H,6-10H2,(H,15,16)/t12-/m1/s1. The molecular formula is C13H18N2O. The summed E-state index contributed by atoms with van der Waals surface area (Å²) in [5.74, 6) is 0.372. The van der Waals surface area contributed by atoms with Gasteiger partial charge in [0.25, 0.3) is 0 Å². The van der Waals surface area contributed by atoms with Gasteiger partial charge in [-0.1, -0.05) is 30.3 Å². The van der Waals surface area contributed by atoms with Crippen molar-refractivity contribution in [3.05, 3.63) is 35.9 Å². The molecule has 0 aromatic heterocycles. The highest BCUT2D eigenvalue weighted by molar-refractivity contribution is 5.79. The second kappa shape index (κ2) is 5.66. The lowest BCUT2D eigenvalue weighted by Gasteiger charge is -2.09. The summed E-state index contributed by atoms with van der Waals surface area (Å²) in [5.41, 5.74) is 1.27. The lowest BCUT2D eigenvalue weighted by atomic mass is 10.1. The molecule has 1 aliphatic rings. The summed E-state index contributed by atoms with van der Waals surface area (Å²) >= 11 is 0. The maximum atomic E-state index is 11.7. The first-order valence-corrected chi connectivity index (χ1v) is 5.88. The Morgan fingerprint density at radius 3 is 2.88 bits per heavy atom. The molecule has 1 aromatic rings. The van der Waals surface area contributed by atoms with Crippen LogP contribution in [0.3, 0.4) is 0 Å². The zero-order valence-corrected chi connectivity index (χ0v) is 9.41. The number of amides is 1. The molecule has 1 saturated heterocycles. The predicted molar refractivity (Wildman–Crippen MR) is 64.1 cm³/mol. The summed E-state index contributed by atoms with van der Waals surface area (Å²) in [6.45, 7) is 2.54. The molecule has 3 heteroatoms. The summed E-state index contributed by atoms with van der Waals surface area (Å²) in [6.07, 6.45) is 1.88. The van der Waals surface area contributed by atoms with E-state index < -0.39 is 0 Å². The molecule has 2 N–H and O–H groups in total. The lowest BCUT2D eigenvalue weighted by Crippen LogP contribution is -2.33. The number of hydrogen-bond donors (Lipinski definition) is 2. The zero-order chi connectivity index (χ0) is 11.2. The van der Waals surface area contributed by atoms with Gasteiger partial charge in [0.1, 0.15) is 0 Å². The largest absolute Gasteiger partial charge is 0.355 e. The van der Waals surface area contributed by atoms with Gasteiger partial charge in [-0.05, 0) is 24.9 Å². The van der Waals surface area contributed by atoms with Crippen LogP contribution in [0.25, 0.3) is 0 Å². The van der Waals surface area contributed by atoms with Crippen LogP contribution >= 0.6 is 0 Å². The Morgan fingerprint density at radius 1 is 1.38 bits per heavy atom. The van der Waals surface area contributed by atoms with Crippen molar-refractivity contribution < 1.29 is 4.79 Å². The van der Waals surface area contributed by atoms with E-state index in [2.05, 4.69) is 22.8 Å². The molecule has 1 amide bonds. The topological polar surface area (TPSA) is 41.1 Å². The normalized spacial score (nSPS) is 19.6. The molecule has 1 atom stereocenters. The van der Waals surface area contributed by atoms with E-state index in [1.165, 1.54) is 5.56 Å². The minimum absolute atomic E-state index is 0.177. The van der Waals surface area contributed by atoms with Crippen molar-refractivity contribution >= 4 is 5.91 Å². The first kappa shape index (κ1) is 11.1. The number of nitrogens with one attached hydrogen (secondary N) is 2. The van der Waals surface area contributed by atoms with Crippen LogP contribution < -0.4 is 10.6 Å². The highest BCUT2D eigenvalue weighted by Crippen LogP contribution is 2.07. The Kier molecular flexibility index (Phi) is 3.94. The molecule has 1 aromatic carbocycles. The van der Waals surface area contributed by atoms with Gasteiger partial charge in [-0.25, -0.2) is 0 Å². The van der Waals surface area contributed by atoms with Gasteiger partial charge in [0.2, 0.25) is 5.91 Å². The highest BCUT2D eigenvalue weighted by atomic mass is 16.1. The Hall–Kier alpha value is -1.35. The van der Waals surface area contributed by atoms with E-state index in [9.17, 15) is 4.79 Å². The van der Waals surface area contributed by atoms with E-state index >= 15 is 0 Å². The monoisotopic (exact) mass is 218 g/mol. The van der Waals surface area contributed by atoms with Crippen LogP contribution in [0.15, 0.2) is 30.3 Å². The van der Waals surface area contributed by atoms with E-state index in [-0.39, 0.29) is 11.8 Å². The Labute approximate surface area is 96.2 Å². The number of hydrogen-bond acceptors (Lipinski definition) is 2. The third-order valence-electron chi connectivity index (χ3n) is 2.99. The van der Waals surface area contributed by atoms with Gasteiger partial charge < -0.3 is 10.6 Å². The Morgan fingerprint density at radius 2 is 2.19 bits per heavy atom. The smallest absolute Gasteiger partial charge is 0.224 e. The van der Waals surface area contributed by atoms with Crippen molar-refractivity contribution in [3.8, 4) is 0 Å². The summed E-state index contributed by atoms with van der Waals surface area (Å²) < 4.78 is 0. The lowest BCUT2D eigenvalue weighted by molar-refractivity contribution is -0.124. The Balaban J connectivity index is 1.70. The van der Waals surface area contributed by atoms with Crippen LogP contribution in [0.5, 0.6) is 0 Å². The fourth-order valence-electron chi connectivity index (χ4n) is 2.00. The van der Waals surface area contributed by atoms with Crippen LogP contribution in [0, 0.1) is 5.92 Å². The Bertz CT molecular complexity index is 331. The van der Waals surface area contributed by atoms with Gasteiger partial charge in [-0.15, -0.1) is 0 Å². The van der Waals surface area contributed by atoms with Crippen molar-refractivity contribution in [2.45, 2.75) is 12.8 Å². The molecule has 16 heavy (non-hydrogen) atoms. The SMILES string of the molecule is O=C(NCCc1ccccc1)[C@@H]1CCNC1. The van der Waals surface area contributed by atoms with Crippen molar-refractivity contribution in [2.24, 2.45) is 5.92 Å². The second-order valence-electron chi connectivity index (χ2n) is 4.22. The van der Waals surface area contributed by atoms with E-state index in [0.29, 0.717) is 0 Å². The van der Waals surface area contributed by atoms with Crippen molar-refractivity contribution in [1.29, 1.82) is 0 Å². The fourth-order valence-corrected chi connectivity index (χ4v) is 2.00. The molecule has 0 saturated carbocycles. The van der Waals surface area contributed by atoms with Crippen LogP contribution in [0.1, 0.15) is 12.0 Å². The van der Waals surface area contributed by atoms with E-state index in [0.717, 1.165) is 32.5 Å². The maximum Gasteiger partial charge on any atom is 0.224 e. The average molecular weight is 218 g/mol. The molecule has 0 unspecified atom stereocenters. The second-order valence-corrected chi connectivity index (χ2v) is 4.22. The van der Waals surface area contributed by atoms with E-state index in [1.54, 1.807) is 0 Å². The van der Waals surface area contributed by atoms with Crippen molar-refractivity contribution in [1.82, 2.24) is 10.6 Å². The molecule has 1 aliphatic heterocycles. The average Bonchev–Trinajstić information content (AvgIpc) is 2.84. The molecule has 0 bridgehead atoms. The van der Waals surface area contributed by atoms with Gasteiger partial charge in [-0.2, -0.15) is 0 Å². The number of carbonyl (C=O) groups excluding carboxylic acids is 1. The third-order valence-corrected chi connectivity index (χ3v) is 2.99. The zero-order valence-electron chi connectivity index (χ0n) is 9.41. The van der Waals surface area contributed by atoms with Crippen LogP contribution in [-0.2, 0) is 11.2 Å². The first-order valence-electron chi connectivity index (χ1n) is 5.88. The summed E-state index contributed by atoms with van der Waals surface area (Å²) in [5, 5.41) is 6.19. The number of rotatable bonds is 4. The van der Waals surface area contributed by atoms with Crippen LogP contribution in [0.2, 0.25) is 0 Å². The minimum Gasteiger partial charge on any atom is -0.355 e. The van der Waals surface area contributed by atoms with Gasteiger partial charge in [0, 0.05) is 13.1 Å². The fraction of sp³-hybridized carbons (Fsp3) is 0.462. The van der Waals surface area contributed by atoms with Crippen LogP contribution in [0.4, 0.5) is 0 Å². The highest BCUT2D eigenvalue weighted by Gasteiger charge is 2.21. The molecule has 3 nitrogen and oxygen atoms in total. The molecule has 86 valence electrons. The molecule has 2 rings (SSSR count). The molecule has 1 fully saturated rings. The summed E-state index contributed by atoms with van der Waals surface area (Å²) in [4.78, 5) is 11.7.